The highest BCUT2D eigenvalue weighted by Gasteiger charge is 2.24. The van der Waals surface area contributed by atoms with Gasteiger partial charge in [0.05, 0.1) is 0 Å². The van der Waals surface area contributed by atoms with Crippen molar-refractivity contribution in [3.05, 3.63) is 0 Å². The molecule has 0 spiro atoms. The molecule has 2 aliphatic heterocycles. The van der Waals surface area contributed by atoms with Crippen LogP contribution in [0.2, 0.25) is 0 Å². The second kappa shape index (κ2) is 5.83. The number of hydrogen-bond donors (Lipinski definition) is 2. The first-order valence-corrected chi connectivity index (χ1v) is 6.42. The number of piperidine rings is 1. The Hall–Kier alpha value is -0.120. The second-order valence-electron chi connectivity index (χ2n) is 5.12. The number of nitrogens with zero attached hydrogens (tertiary/aromatic N) is 1. The van der Waals surface area contributed by atoms with Crippen molar-refractivity contribution in [3.8, 4) is 0 Å². The molecule has 88 valence electrons. The first-order chi connectivity index (χ1) is 7.38. The molecule has 1 unspecified atom stereocenters. The van der Waals surface area contributed by atoms with E-state index in [1.807, 2.05) is 0 Å². The molecule has 2 saturated heterocycles. The smallest absolute Gasteiger partial charge is 0.0434 e. The molecular weight excluding hydrogens is 188 g/mol. The van der Waals surface area contributed by atoms with Crippen molar-refractivity contribution in [3.63, 3.8) is 0 Å². The Morgan fingerprint density at radius 3 is 2.67 bits per heavy atom. The summed E-state index contributed by atoms with van der Waals surface area (Å²) in [6, 6.07) is 0. The zero-order valence-electron chi connectivity index (χ0n) is 9.62. The second-order valence-corrected chi connectivity index (χ2v) is 5.12. The van der Waals surface area contributed by atoms with Crippen LogP contribution >= 0.6 is 0 Å². The zero-order chi connectivity index (χ0) is 10.5. The average Bonchev–Trinajstić information content (AvgIpc) is 2.68. The molecule has 0 aromatic heterocycles. The van der Waals surface area contributed by atoms with Crippen LogP contribution in [0.1, 0.15) is 25.7 Å². The maximum atomic E-state index is 8.91. The van der Waals surface area contributed by atoms with E-state index in [0.717, 1.165) is 18.3 Å². The summed E-state index contributed by atoms with van der Waals surface area (Å²) < 4.78 is 0. The van der Waals surface area contributed by atoms with Gasteiger partial charge in [0.25, 0.3) is 0 Å². The molecule has 1 atom stereocenters. The van der Waals surface area contributed by atoms with Crippen LogP contribution in [0.3, 0.4) is 0 Å². The van der Waals surface area contributed by atoms with Gasteiger partial charge in [-0.05, 0) is 57.2 Å². The number of rotatable bonds is 4. The van der Waals surface area contributed by atoms with Gasteiger partial charge in [0.1, 0.15) is 0 Å². The summed E-state index contributed by atoms with van der Waals surface area (Å²) >= 11 is 0. The largest absolute Gasteiger partial charge is 0.396 e. The van der Waals surface area contributed by atoms with Crippen molar-refractivity contribution in [2.45, 2.75) is 25.7 Å². The third-order valence-corrected chi connectivity index (χ3v) is 3.88. The third-order valence-electron chi connectivity index (χ3n) is 3.88. The molecule has 2 N–H and O–H groups in total. The lowest BCUT2D eigenvalue weighted by atomic mass is 9.97. The first-order valence-electron chi connectivity index (χ1n) is 6.42. The van der Waals surface area contributed by atoms with Crippen LogP contribution in [0.5, 0.6) is 0 Å². The standard InChI is InChI=1S/C12H24N2O/c15-8-4-12-3-7-14(10-12)9-11-1-5-13-6-2-11/h11-13,15H,1-10H2. The van der Waals surface area contributed by atoms with Gasteiger partial charge in [0.15, 0.2) is 0 Å². The minimum atomic E-state index is 0.367. The molecule has 0 aliphatic carbocycles. The van der Waals surface area contributed by atoms with E-state index in [-0.39, 0.29) is 0 Å². The van der Waals surface area contributed by atoms with E-state index in [1.54, 1.807) is 0 Å². The number of nitrogens with one attached hydrogen (secondary N) is 1. The van der Waals surface area contributed by atoms with E-state index in [4.69, 9.17) is 5.11 Å². The van der Waals surface area contributed by atoms with Gasteiger partial charge in [-0.1, -0.05) is 0 Å². The maximum absolute atomic E-state index is 8.91. The lowest BCUT2D eigenvalue weighted by molar-refractivity contribution is 0.222. The van der Waals surface area contributed by atoms with E-state index < -0.39 is 0 Å². The molecule has 2 fully saturated rings. The maximum Gasteiger partial charge on any atom is 0.0434 e. The molecule has 0 amide bonds. The van der Waals surface area contributed by atoms with E-state index in [2.05, 4.69) is 10.2 Å². The van der Waals surface area contributed by atoms with Gasteiger partial charge in [-0.2, -0.15) is 0 Å². The first kappa shape index (κ1) is 11.4. The predicted molar refractivity (Wildman–Crippen MR) is 61.8 cm³/mol. The van der Waals surface area contributed by atoms with E-state index in [0.29, 0.717) is 6.61 Å². The van der Waals surface area contributed by atoms with Crippen LogP contribution < -0.4 is 5.32 Å². The number of hydrogen-bond acceptors (Lipinski definition) is 3. The van der Waals surface area contributed by atoms with Crippen LogP contribution in [0, 0.1) is 11.8 Å². The number of aliphatic hydroxyl groups is 1. The Morgan fingerprint density at radius 1 is 1.13 bits per heavy atom. The lowest BCUT2D eigenvalue weighted by Gasteiger charge is -2.27. The topological polar surface area (TPSA) is 35.5 Å². The van der Waals surface area contributed by atoms with Gasteiger partial charge in [0.2, 0.25) is 0 Å². The molecule has 3 heteroatoms. The van der Waals surface area contributed by atoms with E-state index >= 15 is 0 Å². The summed E-state index contributed by atoms with van der Waals surface area (Å²) in [5, 5.41) is 12.3. The average molecular weight is 212 g/mol. The molecule has 2 rings (SSSR count). The summed E-state index contributed by atoms with van der Waals surface area (Å²) in [6.45, 7) is 6.56. The molecule has 2 aliphatic rings. The summed E-state index contributed by atoms with van der Waals surface area (Å²) in [7, 11) is 0. The van der Waals surface area contributed by atoms with Crippen molar-refractivity contribution in [2.75, 3.05) is 39.3 Å². The SMILES string of the molecule is OCCC1CCN(CC2CCNCC2)C1. The Labute approximate surface area is 92.8 Å². The van der Waals surface area contributed by atoms with Gasteiger partial charge >= 0.3 is 0 Å². The molecule has 0 bridgehead atoms. The predicted octanol–water partition coefficient (Wildman–Crippen LogP) is 0.690. The summed E-state index contributed by atoms with van der Waals surface area (Å²) in [5.41, 5.74) is 0. The minimum Gasteiger partial charge on any atom is -0.396 e. The summed E-state index contributed by atoms with van der Waals surface area (Å²) in [4.78, 5) is 2.61. The quantitative estimate of drug-likeness (QED) is 0.720. The normalized spacial score (nSPS) is 29.8. The van der Waals surface area contributed by atoms with Crippen molar-refractivity contribution in [2.24, 2.45) is 11.8 Å². The zero-order valence-corrected chi connectivity index (χ0v) is 9.62. The summed E-state index contributed by atoms with van der Waals surface area (Å²) in [5.74, 6) is 1.68. The van der Waals surface area contributed by atoms with Crippen LogP contribution in [0.4, 0.5) is 0 Å². The molecular formula is C12H24N2O. The fourth-order valence-electron chi connectivity index (χ4n) is 2.93. The van der Waals surface area contributed by atoms with E-state index in [9.17, 15) is 0 Å². The molecule has 2 heterocycles. The van der Waals surface area contributed by atoms with Crippen LogP contribution in [0.25, 0.3) is 0 Å². The van der Waals surface area contributed by atoms with Crippen LogP contribution in [-0.4, -0.2) is 49.3 Å². The van der Waals surface area contributed by atoms with Gasteiger partial charge < -0.3 is 15.3 Å². The number of aliphatic hydroxyl groups excluding tert-OH is 1. The molecule has 3 nitrogen and oxygen atoms in total. The van der Waals surface area contributed by atoms with Gasteiger partial charge in [-0.25, -0.2) is 0 Å². The number of likely N-dealkylation sites (tertiary alicyclic amines) is 1. The highest BCUT2D eigenvalue weighted by molar-refractivity contribution is 4.79. The highest BCUT2D eigenvalue weighted by Crippen LogP contribution is 2.22. The Bertz CT molecular complexity index is 180. The van der Waals surface area contributed by atoms with Crippen molar-refractivity contribution < 1.29 is 5.11 Å². The Morgan fingerprint density at radius 2 is 1.93 bits per heavy atom. The van der Waals surface area contributed by atoms with E-state index in [1.165, 1.54) is 52.0 Å². The molecule has 0 aromatic carbocycles. The third kappa shape index (κ3) is 3.44. The fourth-order valence-corrected chi connectivity index (χ4v) is 2.93. The minimum absolute atomic E-state index is 0.367. The van der Waals surface area contributed by atoms with Gasteiger partial charge in [0, 0.05) is 19.7 Å². The molecule has 0 radical (unpaired) electrons. The van der Waals surface area contributed by atoms with Crippen molar-refractivity contribution in [1.29, 1.82) is 0 Å². The fraction of sp³-hybridized carbons (Fsp3) is 1.00. The van der Waals surface area contributed by atoms with Crippen LogP contribution in [0.15, 0.2) is 0 Å². The lowest BCUT2D eigenvalue weighted by Crippen LogP contribution is -2.35. The highest BCUT2D eigenvalue weighted by atomic mass is 16.3. The Kier molecular flexibility index (Phi) is 4.42. The van der Waals surface area contributed by atoms with Gasteiger partial charge in [-0.3, -0.25) is 0 Å². The Balaban J connectivity index is 1.67. The van der Waals surface area contributed by atoms with Crippen molar-refractivity contribution in [1.82, 2.24) is 10.2 Å². The monoisotopic (exact) mass is 212 g/mol. The van der Waals surface area contributed by atoms with Gasteiger partial charge in [-0.15, -0.1) is 0 Å². The van der Waals surface area contributed by atoms with Crippen LogP contribution in [-0.2, 0) is 0 Å². The molecule has 0 aromatic rings. The summed E-state index contributed by atoms with van der Waals surface area (Å²) in [6.07, 6.45) is 5.00. The molecule has 15 heavy (non-hydrogen) atoms. The molecule has 0 saturated carbocycles. The van der Waals surface area contributed by atoms with Crippen molar-refractivity contribution >= 4 is 0 Å².